The molecule has 0 saturated carbocycles. The van der Waals surface area contributed by atoms with Crippen LogP contribution in [-0.4, -0.2) is 0 Å². The molecule has 0 spiro atoms. The van der Waals surface area contributed by atoms with Gasteiger partial charge in [0.2, 0.25) is 0 Å². The van der Waals surface area contributed by atoms with Crippen LogP contribution >= 0.6 is 15.9 Å². The van der Waals surface area contributed by atoms with E-state index in [1.807, 2.05) is 18.2 Å². The van der Waals surface area contributed by atoms with Crippen LogP contribution in [0.3, 0.4) is 0 Å². The number of allylic oxidation sites excluding steroid dienone is 1. The van der Waals surface area contributed by atoms with Gasteiger partial charge < -0.3 is 0 Å². The maximum Gasteiger partial charge on any atom is 0.0247 e. The largest absolute Gasteiger partial charge is 0.0795 e. The minimum absolute atomic E-state index is 0.974. The average Bonchev–Trinajstić information content (AvgIpc) is 2.33. The zero-order chi connectivity index (χ0) is 11.2. The van der Waals surface area contributed by atoms with Crippen molar-refractivity contribution in [2.24, 2.45) is 0 Å². The van der Waals surface area contributed by atoms with E-state index in [1.54, 1.807) is 0 Å². The molecule has 0 aliphatic heterocycles. The van der Waals surface area contributed by atoms with Gasteiger partial charge in [-0.1, -0.05) is 76.6 Å². The van der Waals surface area contributed by atoms with Crippen molar-refractivity contribution in [2.75, 3.05) is 0 Å². The Balaban J connectivity index is 2.03. The molecule has 0 atom stereocenters. The Morgan fingerprint density at radius 2 is 1.56 bits per heavy atom. The van der Waals surface area contributed by atoms with E-state index in [4.69, 9.17) is 0 Å². The summed E-state index contributed by atoms with van der Waals surface area (Å²) >= 11 is 3.53. The number of benzene rings is 2. The maximum absolute atomic E-state index is 3.53. The lowest BCUT2D eigenvalue weighted by molar-refractivity contribution is 1.28. The van der Waals surface area contributed by atoms with E-state index in [0.717, 1.165) is 10.9 Å². The van der Waals surface area contributed by atoms with Gasteiger partial charge in [0.25, 0.3) is 0 Å². The minimum Gasteiger partial charge on any atom is -0.0795 e. The predicted molar refractivity (Wildman–Crippen MR) is 73.3 cm³/mol. The van der Waals surface area contributed by atoms with E-state index in [-0.39, 0.29) is 0 Å². The SMILES string of the molecule is Brc1ccccc1/C=C\Cc1ccccc1. The summed E-state index contributed by atoms with van der Waals surface area (Å²) in [5.41, 5.74) is 2.56. The van der Waals surface area contributed by atoms with E-state index in [0.29, 0.717) is 0 Å². The van der Waals surface area contributed by atoms with Crippen LogP contribution in [0.1, 0.15) is 11.1 Å². The van der Waals surface area contributed by atoms with Crippen molar-refractivity contribution < 1.29 is 0 Å². The molecule has 0 N–H and O–H groups in total. The fraction of sp³-hybridized carbons (Fsp3) is 0.0667. The first-order valence-electron chi connectivity index (χ1n) is 5.31. The van der Waals surface area contributed by atoms with Gasteiger partial charge in [-0.2, -0.15) is 0 Å². The van der Waals surface area contributed by atoms with Gasteiger partial charge >= 0.3 is 0 Å². The molecule has 0 aromatic heterocycles. The Kier molecular flexibility index (Phi) is 3.95. The van der Waals surface area contributed by atoms with E-state index >= 15 is 0 Å². The maximum atomic E-state index is 3.53. The summed E-state index contributed by atoms with van der Waals surface area (Å²) in [4.78, 5) is 0. The minimum atomic E-state index is 0.974. The Morgan fingerprint density at radius 3 is 2.31 bits per heavy atom. The number of halogens is 1. The zero-order valence-corrected chi connectivity index (χ0v) is 10.5. The molecular weight excluding hydrogens is 260 g/mol. The van der Waals surface area contributed by atoms with Crippen LogP contribution in [0.15, 0.2) is 65.1 Å². The smallest absolute Gasteiger partial charge is 0.0247 e. The molecule has 2 aromatic carbocycles. The molecule has 1 heteroatoms. The summed E-state index contributed by atoms with van der Waals surface area (Å²) in [6.07, 6.45) is 5.31. The van der Waals surface area contributed by atoms with Crippen LogP contribution < -0.4 is 0 Å². The molecule has 0 heterocycles. The highest BCUT2D eigenvalue weighted by molar-refractivity contribution is 9.10. The van der Waals surface area contributed by atoms with Gasteiger partial charge in [0, 0.05) is 4.47 Å². The second kappa shape index (κ2) is 5.66. The van der Waals surface area contributed by atoms with Crippen molar-refractivity contribution in [2.45, 2.75) is 6.42 Å². The first-order valence-corrected chi connectivity index (χ1v) is 6.10. The number of hydrogen-bond donors (Lipinski definition) is 0. The molecule has 2 aromatic rings. The van der Waals surface area contributed by atoms with Crippen molar-refractivity contribution in [3.63, 3.8) is 0 Å². The molecule has 0 aliphatic carbocycles. The average molecular weight is 273 g/mol. The van der Waals surface area contributed by atoms with Crippen LogP contribution in [0.2, 0.25) is 0 Å². The second-order valence-corrected chi connectivity index (χ2v) is 4.47. The molecule has 0 saturated heterocycles. The molecule has 0 aliphatic rings. The van der Waals surface area contributed by atoms with Crippen LogP contribution in [-0.2, 0) is 6.42 Å². The van der Waals surface area contributed by atoms with Gasteiger partial charge in [0.1, 0.15) is 0 Å². The molecule has 0 amide bonds. The Morgan fingerprint density at radius 1 is 0.875 bits per heavy atom. The topological polar surface area (TPSA) is 0 Å². The molecule has 0 bridgehead atoms. The quantitative estimate of drug-likeness (QED) is 0.760. The van der Waals surface area contributed by atoms with Crippen LogP contribution in [0.5, 0.6) is 0 Å². The van der Waals surface area contributed by atoms with Crippen molar-refractivity contribution in [3.8, 4) is 0 Å². The first-order chi connectivity index (χ1) is 7.86. The van der Waals surface area contributed by atoms with Crippen LogP contribution in [0.25, 0.3) is 6.08 Å². The molecule has 2 rings (SSSR count). The molecule has 0 nitrogen and oxygen atoms in total. The summed E-state index contributed by atoms with van der Waals surface area (Å²) in [5.74, 6) is 0. The third kappa shape index (κ3) is 3.07. The predicted octanol–water partition coefficient (Wildman–Crippen LogP) is 4.71. The van der Waals surface area contributed by atoms with Crippen LogP contribution in [0, 0.1) is 0 Å². The lowest BCUT2D eigenvalue weighted by atomic mass is 10.1. The lowest BCUT2D eigenvalue weighted by Gasteiger charge is -1.97. The monoisotopic (exact) mass is 272 g/mol. The van der Waals surface area contributed by atoms with E-state index < -0.39 is 0 Å². The van der Waals surface area contributed by atoms with Gasteiger partial charge in [-0.05, 0) is 23.6 Å². The van der Waals surface area contributed by atoms with Gasteiger partial charge in [0.15, 0.2) is 0 Å². The molecule has 80 valence electrons. The standard InChI is InChI=1S/C15H13Br/c16-15-12-5-4-10-14(15)11-6-9-13-7-2-1-3-8-13/h1-8,10-12H,9H2/b11-6-. The van der Waals surface area contributed by atoms with Crippen molar-refractivity contribution in [1.82, 2.24) is 0 Å². The third-order valence-electron chi connectivity index (χ3n) is 2.40. The molecule has 0 radical (unpaired) electrons. The highest BCUT2D eigenvalue weighted by atomic mass is 79.9. The Bertz CT molecular complexity index is 472. The van der Waals surface area contributed by atoms with Crippen molar-refractivity contribution in [1.29, 1.82) is 0 Å². The van der Waals surface area contributed by atoms with Gasteiger partial charge in [-0.25, -0.2) is 0 Å². The third-order valence-corrected chi connectivity index (χ3v) is 3.12. The number of rotatable bonds is 3. The highest BCUT2D eigenvalue weighted by Crippen LogP contribution is 2.17. The van der Waals surface area contributed by atoms with E-state index in [9.17, 15) is 0 Å². The zero-order valence-electron chi connectivity index (χ0n) is 8.94. The second-order valence-electron chi connectivity index (χ2n) is 3.61. The van der Waals surface area contributed by atoms with E-state index in [2.05, 4.69) is 64.5 Å². The lowest BCUT2D eigenvalue weighted by Crippen LogP contribution is -1.79. The summed E-state index contributed by atoms with van der Waals surface area (Å²) in [6, 6.07) is 18.7. The van der Waals surface area contributed by atoms with E-state index in [1.165, 1.54) is 11.1 Å². The first kappa shape index (κ1) is 11.2. The Labute approximate surface area is 105 Å². The van der Waals surface area contributed by atoms with Crippen molar-refractivity contribution >= 4 is 22.0 Å². The summed E-state index contributed by atoms with van der Waals surface area (Å²) in [7, 11) is 0. The van der Waals surface area contributed by atoms with Gasteiger partial charge in [-0.3, -0.25) is 0 Å². The Hall–Kier alpha value is -1.34. The van der Waals surface area contributed by atoms with Crippen molar-refractivity contribution in [3.05, 3.63) is 76.3 Å². The summed E-state index contributed by atoms with van der Waals surface area (Å²) in [6.45, 7) is 0. The fourth-order valence-corrected chi connectivity index (χ4v) is 1.96. The molecule has 0 fully saturated rings. The molecule has 16 heavy (non-hydrogen) atoms. The normalized spacial score (nSPS) is 10.8. The van der Waals surface area contributed by atoms with Gasteiger partial charge in [0.05, 0.1) is 0 Å². The van der Waals surface area contributed by atoms with Crippen LogP contribution in [0.4, 0.5) is 0 Å². The summed E-state index contributed by atoms with van der Waals surface area (Å²) < 4.78 is 1.14. The molecule has 0 unspecified atom stereocenters. The molecular formula is C15H13Br. The summed E-state index contributed by atoms with van der Waals surface area (Å²) in [5, 5.41) is 0. The van der Waals surface area contributed by atoms with Gasteiger partial charge in [-0.15, -0.1) is 0 Å². The number of hydrogen-bond acceptors (Lipinski definition) is 0. The highest BCUT2D eigenvalue weighted by Gasteiger charge is 1.92. The fourth-order valence-electron chi connectivity index (χ4n) is 1.55.